The summed E-state index contributed by atoms with van der Waals surface area (Å²) in [5.74, 6) is 0.666. The summed E-state index contributed by atoms with van der Waals surface area (Å²) < 4.78 is 0. The van der Waals surface area contributed by atoms with Crippen LogP contribution in [0.25, 0.3) is 0 Å². The number of rotatable bonds is 4. The molecule has 1 amide bonds. The maximum atomic E-state index is 12.7. The van der Waals surface area contributed by atoms with Crippen molar-refractivity contribution < 1.29 is 4.79 Å². The van der Waals surface area contributed by atoms with E-state index in [1.807, 2.05) is 4.90 Å². The molecule has 0 atom stereocenters. The lowest BCUT2D eigenvalue weighted by Gasteiger charge is -2.34. The average molecular weight is 396 g/mol. The number of hydrogen-bond acceptors (Lipinski definition) is 4. The van der Waals surface area contributed by atoms with Crippen molar-refractivity contribution in [2.24, 2.45) is 0 Å². The van der Waals surface area contributed by atoms with E-state index in [0.717, 1.165) is 19.6 Å². The molecule has 1 saturated heterocycles. The molecule has 4 rings (SSSR count). The van der Waals surface area contributed by atoms with Crippen LogP contribution < -0.4 is 0 Å². The van der Waals surface area contributed by atoms with Gasteiger partial charge in [0.2, 0.25) is 0 Å². The molecular formula is C18H19Cl2N3OS. The molecule has 25 heavy (non-hydrogen) atoms. The first-order valence-electron chi connectivity index (χ1n) is 8.51. The van der Waals surface area contributed by atoms with Gasteiger partial charge >= 0.3 is 0 Å². The first-order chi connectivity index (χ1) is 12.1. The van der Waals surface area contributed by atoms with Crippen molar-refractivity contribution in [1.29, 1.82) is 0 Å². The number of halogens is 2. The van der Waals surface area contributed by atoms with E-state index in [2.05, 4.69) is 10.3 Å². The van der Waals surface area contributed by atoms with Gasteiger partial charge in [0, 0.05) is 42.5 Å². The van der Waals surface area contributed by atoms with Gasteiger partial charge in [-0.25, -0.2) is 4.98 Å². The Morgan fingerprint density at radius 3 is 2.68 bits per heavy atom. The second-order valence-electron chi connectivity index (χ2n) is 6.63. The van der Waals surface area contributed by atoms with E-state index in [9.17, 15) is 4.79 Å². The third-order valence-corrected chi connectivity index (χ3v) is 6.16. The molecule has 1 aliphatic carbocycles. The fraction of sp³-hybridized carbons (Fsp3) is 0.444. The zero-order valence-electron chi connectivity index (χ0n) is 13.8. The van der Waals surface area contributed by atoms with Gasteiger partial charge < -0.3 is 4.90 Å². The molecule has 0 spiro atoms. The van der Waals surface area contributed by atoms with E-state index in [0.29, 0.717) is 34.6 Å². The van der Waals surface area contributed by atoms with Crippen LogP contribution in [0.5, 0.6) is 0 Å². The van der Waals surface area contributed by atoms with Crippen LogP contribution in [0.15, 0.2) is 23.6 Å². The van der Waals surface area contributed by atoms with Gasteiger partial charge in [-0.05, 0) is 31.0 Å². The predicted octanol–water partition coefficient (Wildman–Crippen LogP) is 4.29. The molecule has 2 aliphatic rings. The number of thiazole rings is 1. The van der Waals surface area contributed by atoms with Crippen LogP contribution in [0, 0.1) is 0 Å². The van der Waals surface area contributed by atoms with Gasteiger partial charge in [-0.2, -0.15) is 0 Å². The maximum absolute atomic E-state index is 12.7. The highest BCUT2D eigenvalue weighted by Gasteiger charge is 2.27. The van der Waals surface area contributed by atoms with Crippen LogP contribution in [-0.4, -0.2) is 46.9 Å². The molecule has 0 bridgehead atoms. The lowest BCUT2D eigenvalue weighted by molar-refractivity contribution is 0.0628. The first-order valence-corrected chi connectivity index (χ1v) is 10.1. The fourth-order valence-corrected chi connectivity index (χ4v) is 4.38. The lowest BCUT2D eigenvalue weighted by atomic mass is 10.2. The molecule has 2 fully saturated rings. The highest BCUT2D eigenvalue weighted by atomic mass is 35.5. The number of carbonyl (C=O) groups is 1. The molecule has 7 heteroatoms. The average Bonchev–Trinajstić information content (AvgIpc) is 3.37. The molecule has 132 valence electrons. The second kappa shape index (κ2) is 7.23. The number of benzene rings is 1. The van der Waals surface area contributed by atoms with E-state index in [1.165, 1.54) is 23.5 Å². The van der Waals surface area contributed by atoms with Crippen molar-refractivity contribution in [3.8, 4) is 0 Å². The molecule has 2 aromatic rings. The van der Waals surface area contributed by atoms with Crippen molar-refractivity contribution in [2.45, 2.75) is 25.3 Å². The number of carbonyl (C=O) groups excluding carboxylic acids is 1. The van der Waals surface area contributed by atoms with E-state index in [4.69, 9.17) is 28.2 Å². The van der Waals surface area contributed by atoms with Gasteiger partial charge in [-0.1, -0.05) is 23.2 Å². The Hall–Kier alpha value is -1.14. The molecule has 1 aromatic heterocycles. The first kappa shape index (κ1) is 17.3. The number of nitrogens with zero attached hydrogens (tertiary/aromatic N) is 3. The Labute approximate surface area is 161 Å². The second-order valence-corrected chi connectivity index (χ2v) is 8.42. The van der Waals surface area contributed by atoms with Crippen LogP contribution in [0.1, 0.15) is 39.8 Å². The number of aromatic nitrogens is 1. The highest BCUT2D eigenvalue weighted by Crippen LogP contribution is 2.40. The van der Waals surface area contributed by atoms with Gasteiger partial charge in [0.1, 0.15) is 5.01 Å². The third kappa shape index (κ3) is 4.00. The largest absolute Gasteiger partial charge is 0.336 e. The van der Waals surface area contributed by atoms with Crippen LogP contribution >= 0.6 is 34.5 Å². The Bertz CT molecular complexity index is 782. The third-order valence-electron chi connectivity index (χ3n) is 4.74. The molecule has 1 aromatic carbocycles. The van der Waals surface area contributed by atoms with Gasteiger partial charge in [-0.15, -0.1) is 11.3 Å². The smallest absolute Gasteiger partial charge is 0.255 e. The monoisotopic (exact) mass is 395 g/mol. The molecule has 2 heterocycles. The summed E-state index contributed by atoms with van der Waals surface area (Å²) in [6.07, 6.45) is 2.58. The Morgan fingerprint density at radius 1 is 1.20 bits per heavy atom. The van der Waals surface area contributed by atoms with Crippen molar-refractivity contribution in [3.63, 3.8) is 0 Å². The van der Waals surface area contributed by atoms with Crippen LogP contribution in [0.4, 0.5) is 0 Å². The predicted molar refractivity (Wildman–Crippen MR) is 102 cm³/mol. The molecule has 1 aliphatic heterocycles. The summed E-state index contributed by atoms with van der Waals surface area (Å²) in [6, 6.07) is 5.02. The minimum absolute atomic E-state index is 0.0441. The number of piperazine rings is 1. The van der Waals surface area contributed by atoms with Gasteiger partial charge in [-0.3, -0.25) is 9.69 Å². The SMILES string of the molecule is O=C(c1cc(Cl)ccc1Cl)N1CCN(Cc2nc(C3CC3)cs2)CC1. The highest BCUT2D eigenvalue weighted by molar-refractivity contribution is 7.09. The summed E-state index contributed by atoms with van der Waals surface area (Å²) in [5, 5.41) is 4.36. The molecule has 0 N–H and O–H groups in total. The Kier molecular flexibility index (Phi) is 5.00. The zero-order valence-corrected chi connectivity index (χ0v) is 16.1. The molecule has 1 saturated carbocycles. The van der Waals surface area contributed by atoms with Crippen molar-refractivity contribution in [2.75, 3.05) is 26.2 Å². The molecular weight excluding hydrogens is 377 g/mol. The van der Waals surface area contributed by atoms with E-state index in [1.54, 1.807) is 29.5 Å². The molecule has 0 unspecified atom stereocenters. The lowest BCUT2D eigenvalue weighted by Crippen LogP contribution is -2.48. The normalized spacial score (nSPS) is 18.6. The minimum atomic E-state index is -0.0441. The van der Waals surface area contributed by atoms with Crippen molar-refractivity contribution >= 4 is 40.4 Å². The summed E-state index contributed by atoms with van der Waals surface area (Å²) >= 11 is 13.9. The molecule has 4 nitrogen and oxygen atoms in total. The Balaban J connectivity index is 1.34. The maximum Gasteiger partial charge on any atom is 0.255 e. The zero-order chi connectivity index (χ0) is 17.4. The summed E-state index contributed by atoms with van der Waals surface area (Å²) in [6.45, 7) is 3.97. The van der Waals surface area contributed by atoms with Gasteiger partial charge in [0.05, 0.1) is 22.8 Å². The quantitative estimate of drug-likeness (QED) is 0.774. The van der Waals surface area contributed by atoms with E-state index in [-0.39, 0.29) is 5.91 Å². The van der Waals surface area contributed by atoms with E-state index >= 15 is 0 Å². The minimum Gasteiger partial charge on any atom is -0.336 e. The number of amides is 1. The fourth-order valence-electron chi connectivity index (χ4n) is 3.10. The van der Waals surface area contributed by atoms with Crippen LogP contribution in [0.3, 0.4) is 0 Å². The van der Waals surface area contributed by atoms with E-state index < -0.39 is 0 Å². The van der Waals surface area contributed by atoms with Crippen molar-refractivity contribution in [3.05, 3.63) is 49.9 Å². The summed E-state index contributed by atoms with van der Waals surface area (Å²) in [4.78, 5) is 21.6. The number of hydrogen-bond donors (Lipinski definition) is 0. The summed E-state index contributed by atoms with van der Waals surface area (Å²) in [5.41, 5.74) is 1.75. The molecule has 0 radical (unpaired) electrons. The van der Waals surface area contributed by atoms with Gasteiger partial charge in [0.25, 0.3) is 5.91 Å². The topological polar surface area (TPSA) is 36.4 Å². The summed E-state index contributed by atoms with van der Waals surface area (Å²) in [7, 11) is 0. The van der Waals surface area contributed by atoms with Crippen molar-refractivity contribution in [1.82, 2.24) is 14.8 Å². The van der Waals surface area contributed by atoms with Gasteiger partial charge in [0.15, 0.2) is 0 Å². The van der Waals surface area contributed by atoms with Crippen LogP contribution in [0.2, 0.25) is 10.0 Å². The van der Waals surface area contributed by atoms with Crippen LogP contribution in [-0.2, 0) is 6.54 Å². The standard InChI is InChI=1S/C18H19Cl2N3OS/c19-13-3-4-15(20)14(9-13)18(24)23-7-5-22(6-8-23)10-17-21-16(11-25-17)12-1-2-12/h3-4,9,11-12H,1-2,5-8,10H2. The Morgan fingerprint density at radius 2 is 1.96 bits per heavy atom.